The van der Waals surface area contributed by atoms with Gasteiger partial charge in [0.2, 0.25) is 6.41 Å². The second kappa shape index (κ2) is 9.64. The molecule has 0 fully saturated rings. The van der Waals surface area contributed by atoms with E-state index in [1.165, 1.54) is 0 Å². The summed E-state index contributed by atoms with van der Waals surface area (Å²) in [5, 5.41) is 6.82. The second-order valence-electron chi connectivity index (χ2n) is 6.72. The zero-order chi connectivity index (χ0) is 20.6. The molecule has 0 aliphatic carbocycles. The molecule has 29 heavy (non-hydrogen) atoms. The van der Waals surface area contributed by atoms with Crippen LogP contribution in [0.5, 0.6) is 11.5 Å². The summed E-state index contributed by atoms with van der Waals surface area (Å²) < 4.78 is 10.8. The fraction of sp³-hybridized carbons (Fsp3) is 0.273. The van der Waals surface area contributed by atoms with Gasteiger partial charge in [0.1, 0.15) is 11.5 Å². The number of H-pyrrole nitrogens is 1. The highest BCUT2D eigenvalue weighted by Gasteiger charge is 2.11. The number of benzene rings is 2. The molecule has 1 N–H and O–H groups in total. The topological polar surface area (TPSA) is 70.7 Å². The maximum absolute atomic E-state index is 11.5. The zero-order valence-corrected chi connectivity index (χ0v) is 17.0. The lowest BCUT2D eigenvalue weighted by Gasteiger charge is -2.25. The van der Waals surface area contributed by atoms with Crippen molar-refractivity contribution in [3.63, 3.8) is 0 Å². The molecule has 0 radical (unpaired) electrons. The van der Waals surface area contributed by atoms with Gasteiger partial charge in [-0.1, -0.05) is 12.1 Å². The molecule has 152 valence electrons. The summed E-state index contributed by atoms with van der Waals surface area (Å²) >= 11 is 0. The highest BCUT2D eigenvalue weighted by Crippen LogP contribution is 2.32. The number of aromatic amines is 1. The van der Waals surface area contributed by atoms with Crippen LogP contribution >= 0.6 is 0 Å². The molecule has 1 amide bonds. The van der Waals surface area contributed by atoms with Crippen molar-refractivity contribution in [2.45, 2.75) is 6.54 Å². The predicted molar refractivity (Wildman–Crippen MR) is 113 cm³/mol. The number of carbonyl (C=O) groups is 1. The minimum atomic E-state index is 0.539. The van der Waals surface area contributed by atoms with Crippen LogP contribution in [0.1, 0.15) is 5.56 Å². The molecular formula is C22H26N4O3. The molecule has 0 spiro atoms. The van der Waals surface area contributed by atoms with E-state index in [9.17, 15) is 4.79 Å². The Labute approximate surface area is 170 Å². The van der Waals surface area contributed by atoms with Crippen molar-refractivity contribution >= 4 is 12.1 Å². The number of rotatable bonds is 10. The highest BCUT2D eigenvalue weighted by molar-refractivity contribution is 5.72. The number of amides is 1. The lowest BCUT2D eigenvalue weighted by molar-refractivity contribution is -0.118. The summed E-state index contributed by atoms with van der Waals surface area (Å²) in [6, 6.07) is 13.8. The highest BCUT2D eigenvalue weighted by atomic mass is 16.5. The van der Waals surface area contributed by atoms with Gasteiger partial charge in [-0.3, -0.25) is 9.89 Å². The van der Waals surface area contributed by atoms with E-state index in [1.54, 1.807) is 25.3 Å². The fourth-order valence-electron chi connectivity index (χ4n) is 3.14. The average Bonchev–Trinajstić information content (AvgIpc) is 3.30. The van der Waals surface area contributed by atoms with E-state index >= 15 is 0 Å². The van der Waals surface area contributed by atoms with Gasteiger partial charge in [-0.05, 0) is 29.8 Å². The molecule has 0 unspecified atom stereocenters. The lowest BCUT2D eigenvalue weighted by atomic mass is 10.1. The van der Waals surface area contributed by atoms with Crippen molar-refractivity contribution in [2.24, 2.45) is 0 Å². The number of nitrogens with one attached hydrogen (secondary N) is 1. The minimum Gasteiger partial charge on any atom is -0.497 e. The molecule has 3 aromatic rings. The Morgan fingerprint density at radius 2 is 1.97 bits per heavy atom. The van der Waals surface area contributed by atoms with E-state index in [2.05, 4.69) is 15.1 Å². The molecule has 7 heteroatoms. The van der Waals surface area contributed by atoms with Crippen LogP contribution < -0.4 is 14.4 Å². The summed E-state index contributed by atoms with van der Waals surface area (Å²) in [6.07, 6.45) is 4.49. The number of likely N-dealkylation sites (N-methyl/N-ethyl adjacent to an activating group) is 1. The van der Waals surface area contributed by atoms with Crippen molar-refractivity contribution in [3.8, 4) is 22.6 Å². The van der Waals surface area contributed by atoms with Crippen molar-refractivity contribution in [3.05, 3.63) is 60.4 Å². The third-order valence-electron chi connectivity index (χ3n) is 4.83. The third kappa shape index (κ3) is 5.07. The molecule has 0 saturated heterocycles. The maximum atomic E-state index is 11.5. The number of ether oxygens (including phenoxy) is 2. The van der Waals surface area contributed by atoms with Crippen LogP contribution in [0, 0.1) is 0 Å². The second-order valence-corrected chi connectivity index (χ2v) is 6.72. The van der Waals surface area contributed by atoms with Gasteiger partial charge in [-0.15, -0.1) is 0 Å². The van der Waals surface area contributed by atoms with Crippen LogP contribution in [0.3, 0.4) is 0 Å². The van der Waals surface area contributed by atoms with Crippen LogP contribution in [0.25, 0.3) is 11.1 Å². The van der Waals surface area contributed by atoms with Crippen LogP contribution in [0.2, 0.25) is 0 Å². The quantitative estimate of drug-likeness (QED) is 0.535. The van der Waals surface area contributed by atoms with Crippen molar-refractivity contribution in [2.75, 3.05) is 39.3 Å². The zero-order valence-electron chi connectivity index (χ0n) is 17.0. The first-order chi connectivity index (χ1) is 14.1. The Bertz CT molecular complexity index is 928. The Morgan fingerprint density at radius 3 is 2.66 bits per heavy atom. The molecule has 0 atom stereocenters. The summed E-state index contributed by atoms with van der Waals surface area (Å²) in [5.74, 6) is 1.56. The normalized spacial score (nSPS) is 10.4. The Morgan fingerprint density at radius 1 is 1.10 bits per heavy atom. The van der Waals surface area contributed by atoms with Crippen LogP contribution in [-0.2, 0) is 11.3 Å². The molecule has 1 aromatic heterocycles. The van der Waals surface area contributed by atoms with E-state index in [1.807, 2.05) is 55.7 Å². The molecule has 1 heterocycles. The van der Waals surface area contributed by atoms with Crippen LogP contribution in [-0.4, -0.2) is 55.9 Å². The molecule has 0 aliphatic heterocycles. The number of hydrogen-bond acceptors (Lipinski definition) is 5. The van der Waals surface area contributed by atoms with Gasteiger partial charge in [0.25, 0.3) is 0 Å². The summed E-state index contributed by atoms with van der Waals surface area (Å²) in [5.41, 5.74) is 4.00. The van der Waals surface area contributed by atoms with Gasteiger partial charge in [-0.2, -0.15) is 5.10 Å². The summed E-state index contributed by atoms with van der Waals surface area (Å²) in [6.45, 7) is 1.83. The number of methoxy groups -OCH3 is 2. The maximum Gasteiger partial charge on any atom is 0.210 e. The van der Waals surface area contributed by atoms with Crippen molar-refractivity contribution in [1.82, 2.24) is 15.1 Å². The standard InChI is InChI=1S/C22H26N4O3/c1-25(9-10-26(16-27)15-17-5-4-6-20(11-17)28-2)19-7-8-21(22(12-19)29-3)18-13-23-24-14-18/h4-8,11-14,16H,9-10,15H2,1-3H3,(H,23,24). The van der Waals surface area contributed by atoms with E-state index in [0.717, 1.165) is 40.3 Å². The van der Waals surface area contributed by atoms with Gasteiger partial charge in [0, 0.05) is 55.8 Å². The van der Waals surface area contributed by atoms with E-state index in [4.69, 9.17) is 9.47 Å². The number of nitrogens with zero attached hydrogens (tertiary/aromatic N) is 3. The van der Waals surface area contributed by atoms with Gasteiger partial charge < -0.3 is 19.3 Å². The van der Waals surface area contributed by atoms with Gasteiger partial charge in [-0.25, -0.2) is 0 Å². The number of aromatic nitrogens is 2. The molecular weight excluding hydrogens is 368 g/mol. The molecule has 0 bridgehead atoms. The Kier molecular flexibility index (Phi) is 6.73. The van der Waals surface area contributed by atoms with Gasteiger partial charge >= 0.3 is 0 Å². The molecule has 3 rings (SSSR count). The van der Waals surface area contributed by atoms with E-state index < -0.39 is 0 Å². The summed E-state index contributed by atoms with van der Waals surface area (Å²) in [4.78, 5) is 15.4. The number of carbonyl (C=O) groups excluding carboxylic acids is 1. The molecule has 0 saturated carbocycles. The Balaban J connectivity index is 1.64. The van der Waals surface area contributed by atoms with Crippen LogP contribution in [0.15, 0.2) is 54.9 Å². The first-order valence-corrected chi connectivity index (χ1v) is 9.35. The van der Waals surface area contributed by atoms with Crippen molar-refractivity contribution < 1.29 is 14.3 Å². The first-order valence-electron chi connectivity index (χ1n) is 9.35. The third-order valence-corrected chi connectivity index (χ3v) is 4.83. The number of hydrogen-bond donors (Lipinski definition) is 1. The minimum absolute atomic E-state index is 0.539. The van der Waals surface area contributed by atoms with E-state index in [-0.39, 0.29) is 0 Å². The smallest absolute Gasteiger partial charge is 0.210 e. The average molecular weight is 394 g/mol. The predicted octanol–water partition coefficient (Wildman–Crippen LogP) is 3.19. The lowest BCUT2D eigenvalue weighted by Crippen LogP contribution is -2.32. The molecule has 7 nitrogen and oxygen atoms in total. The Hall–Kier alpha value is -3.48. The monoisotopic (exact) mass is 394 g/mol. The first kappa shape index (κ1) is 20.3. The summed E-state index contributed by atoms with van der Waals surface area (Å²) in [7, 11) is 5.30. The number of anilines is 1. The molecule has 2 aromatic carbocycles. The SMILES string of the molecule is COc1cccc(CN(C=O)CCN(C)c2ccc(-c3cn[nH]c3)c(OC)c2)c1. The molecule has 0 aliphatic rings. The fourth-order valence-corrected chi connectivity index (χ4v) is 3.14. The van der Waals surface area contributed by atoms with Crippen molar-refractivity contribution in [1.29, 1.82) is 0 Å². The van der Waals surface area contributed by atoms with Crippen LogP contribution in [0.4, 0.5) is 5.69 Å². The largest absolute Gasteiger partial charge is 0.497 e. The van der Waals surface area contributed by atoms with E-state index in [0.29, 0.717) is 19.6 Å². The van der Waals surface area contributed by atoms with Gasteiger partial charge in [0.15, 0.2) is 0 Å². The van der Waals surface area contributed by atoms with Gasteiger partial charge in [0.05, 0.1) is 20.4 Å².